The number of hydrogen-bond acceptors (Lipinski definition) is 3. The van der Waals surface area contributed by atoms with Crippen LogP contribution in [0.15, 0.2) is 24.5 Å². The molecule has 0 aliphatic carbocycles. The first-order valence-electron chi connectivity index (χ1n) is 4.25. The Morgan fingerprint density at radius 2 is 2.36 bits per heavy atom. The molecule has 0 spiro atoms. The van der Waals surface area contributed by atoms with E-state index in [0.717, 1.165) is 0 Å². The number of rotatable bonds is 2. The maximum Gasteiger partial charge on any atom is 0.180 e. The standard InChI is InChI=1S/C10H10N2O2/c1-7(13)8-6-11-10-9(14-2)4-3-5-12(8)10/h3-6H,1-2H3. The van der Waals surface area contributed by atoms with Gasteiger partial charge in [-0.25, -0.2) is 4.98 Å². The molecule has 0 N–H and O–H groups in total. The van der Waals surface area contributed by atoms with E-state index in [4.69, 9.17) is 4.74 Å². The van der Waals surface area contributed by atoms with Crippen LogP contribution in [0.3, 0.4) is 0 Å². The van der Waals surface area contributed by atoms with E-state index in [-0.39, 0.29) is 5.78 Å². The van der Waals surface area contributed by atoms with Gasteiger partial charge in [-0.15, -0.1) is 0 Å². The second-order valence-corrected chi connectivity index (χ2v) is 2.97. The van der Waals surface area contributed by atoms with Gasteiger partial charge in [-0.05, 0) is 12.1 Å². The number of imidazole rings is 1. The molecule has 0 atom stereocenters. The normalized spacial score (nSPS) is 10.4. The zero-order valence-corrected chi connectivity index (χ0v) is 8.02. The van der Waals surface area contributed by atoms with E-state index >= 15 is 0 Å². The van der Waals surface area contributed by atoms with Crippen molar-refractivity contribution in [3.63, 3.8) is 0 Å². The molecule has 2 rings (SSSR count). The topological polar surface area (TPSA) is 43.6 Å². The molecule has 14 heavy (non-hydrogen) atoms. The highest BCUT2D eigenvalue weighted by Crippen LogP contribution is 2.18. The summed E-state index contributed by atoms with van der Waals surface area (Å²) in [6, 6.07) is 3.63. The van der Waals surface area contributed by atoms with Crippen LogP contribution in [0.2, 0.25) is 0 Å². The second kappa shape index (κ2) is 3.14. The van der Waals surface area contributed by atoms with Crippen LogP contribution in [-0.4, -0.2) is 22.3 Å². The van der Waals surface area contributed by atoms with E-state index in [2.05, 4.69) is 4.98 Å². The van der Waals surface area contributed by atoms with Gasteiger partial charge in [-0.1, -0.05) is 0 Å². The Labute approximate surface area is 81.1 Å². The van der Waals surface area contributed by atoms with E-state index in [9.17, 15) is 4.79 Å². The van der Waals surface area contributed by atoms with Crippen LogP contribution in [0.4, 0.5) is 0 Å². The minimum Gasteiger partial charge on any atom is -0.493 e. The summed E-state index contributed by atoms with van der Waals surface area (Å²) < 4.78 is 6.85. The Morgan fingerprint density at radius 3 is 3.00 bits per heavy atom. The second-order valence-electron chi connectivity index (χ2n) is 2.97. The average molecular weight is 190 g/mol. The molecule has 72 valence electrons. The predicted octanol–water partition coefficient (Wildman–Crippen LogP) is 1.55. The van der Waals surface area contributed by atoms with Crippen molar-refractivity contribution in [1.82, 2.24) is 9.38 Å². The predicted molar refractivity (Wildman–Crippen MR) is 51.7 cm³/mol. The van der Waals surface area contributed by atoms with E-state index in [1.807, 2.05) is 12.1 Å². The number of carbonyl (C=O) groups is 1. The SMILES string of the molecule is COc1cccn2c(C(C)=O)cnc12. The number of methoxy groups -OCH3 is 1. The van der Waals surface area contributed by atoms with Gasteiger partial charge in [-0.2, -0.15) is 0 Å². The molecular weight excluding hydrogens is 180 g/mol. The Bertz CT molecular complexity index is 488. The van der Waals surface area contributed by atoms with Crippen molar-refractivity contribution in [2.24, 2.45) is 0 Å². The lowest BCUT2D eigenvalue weighted by Crippen LogP contribution is -1.98. The number of hydrogen-bond donors (Lipinski definition) is 0. The third kappa shape index (κ3) is 1.16. The first-order valence-corrected chi connectivity index (χ1v) is 4.25. The fourth-order valence-corrected chi connectivity index (χ4v) is 1.40. The molecule has 0 aliphatic rings. The van der Waals surface area contributed by atoms with Gasteiger partial charge in [0, 0.05) is 13.1 Å². The summed E-state index contributed by atoms with van der Waals surface area (Å²) >= 11 is 0. The van der Waals surface area contributed by atoms with Gasteiger partial charge >= 0.3 is 0 Å². The summed E-state index contributed by atoms with van der Waals surface area (Å²) in [4.78, 5) is 15.3. The van der Waals surface area contributed by atoms with Crippen LogP contribution < -0.4 is 4.74 Å². The highest BCUT2D eigenvalue weighted by atomic mass is 16.5. The number of carbonyl (C=O) groups excluding carboxylic acids is 1. The zero-order chi connectivity index (χ0) is 10.1. The molecule has 0 saturated heterocycles. The molecule has 4 heteroatoms. The highest BCUT2D eigenvalue weighted by molar-refractivity contribution is 5.93. The third-order valence-corrected chi connectivity index (χ3v) is 2.08. The molecule has 0 aliphatic heterocycles. The molecule has 4 nitrogen and oxygen atoms in total. The first kappa shape index (κ1) is 8.74. The lowest BCUT2D eigenvalue weighted by Gasteiger charge is -2.02. The van der Waals surface area contributed by atoms with Crippen molar-refractivity contribution in [3.05, 3.63) is 30.2 Å². The number of ether oxygens (including phenoxy) is 1. The quantitative estimate of drug-likeness (QED) is 0.675. The Kier molecular flexibility index (Phi) is 1.96. The van der Waals surface area contributed by atoms with Crippen molar-refractivity contribution < 1.29 is 9.53 Å². The van der Waals surface area contributed by atoms with Crippen LogP contribution >= 0.6 is 0 Å². The molecule has 0 aromatic carbocycles. The maximum atomic E-state index is 11.2. The smallest absolute Gasteiger partial charge is 0.180 e. The minimum atomic E-state index is -0.00856. The summed E-state index contributed by atoms with van der Waals surface area (Å²) in [5.41, 5.74) is 1.24. The summed E-state index contributed by atoms with van der Waals surface area (Å²) in [5.74, 6) is 0.658. The molecule has 0 fully saturated rings. The van der Waals surface area contributed by atoms with Crippen molar-refractivity contribution in [3.8, 4) is 5.75 Å². The van der Waals surface area contributed by atoms with Crippen LogP contribution in [0.5, 0.6) is 5.75 Å². The van der Waals surface area contributed by atoms with Crippen LogP contribution in [0.25, 0.3) is 5.65 Å². The third-order valence-electron chi connectivity index (χ3n) is 2.08. The largest absolute Gasteiger partial charge is 0.493 e. The summed E-state index contributed by atoms with van der Waals surface area (Å²) in [5, 5.41) is 0. The van der Waals surface area contributed by atoms with Crippen molar-refractivity contribution in [1.29, 1.82) is 0 Å². The van der Waals surface area contributed by atoms with Crippen molar-refractivity contribution in [2.45, 2.75) is 6.92 Å². The minimum absolute atomic E-state index is 0.00856. The number of nitrogens with zero attached hydrogens (tertiary/aromatic N) is 2. The van der Waals surface area contributed by atoms with Gasteiger partial charge in [0.15, 0.2) is 17.2 Å². The molecule has 2 aromatic heterocycles. The number of ketones is 1. The van der Waals surface area contributed by atoms with E-state index in [1.54, 1.807) is 23.9 Å². The van der Waals surface area contributed by atoms with Crippen molar-refractivity contribution >= 4 is 11.4 Å². The molecular formula is C10H10N2O2. The Balaban J connectivity index is 2.75. The molecule has 0 saturated carbocycles. The Morgan fingerprint density at radius 1 is 1.57 bits per heavy atom. The van der Waals surface area contributed by atoms with Gasteiger partial charge in [0.2, 0.25) is 0 Å². The molecule has 0 amide bonds. The molecule has 2 heterocycles. The van der Waals surface area contributed by atoms with Gasteiger partial charge in [0.05, 0.1) is 13.3 Å². The lowest BCUT2D eigenvalue weighted by atomic mass is 10.3. The Hall–Kier alpha value is -1.84. The number of fused-ring (bicyclic) bond motifs is 1. The summed E-state index contributed by atoms with van der Waals surface area (Å²) in [6.45, 7) is 1.52. The van der Waals surface area contributed by atoms with Crippen LogP contribution in [0, 0.1) is 0 Å². The van der Waals surface area contributed by atoms with Crippen LogP contribution in [-0.2, 0) is 0 Å². The summed E-state index contributed by atoms with van der Waals surface area (Å²) in [6.07, 6.45) is 3.35. The monoisotopic (exact) mass is 190 g/mol. The van der Waals surface area contributed by atoms with E-state index in [0.29, 0.717) is 17.1 Å². The van der Waals surface area contributed by atoms with Gasteiger partial charge < -0.3 is 4.74 Å². The first-order chi connectivity index (χ1) is 6.74. The van der Waals surface area contributed by atoms with Crippen LogP contribution in [0.1, 0.15) is 17.4 Å². The zero-order valence-electron chi connectivity index (χ0n) is 8.02. The number of aromatic nitrogens is 2. The molecule has 2 aromatic rings. The average Bonchev–Trinajstić information content (AvgIpc) is 2.60. The van der Waals surface area contributed by atoms with E-state index in [1.165, 1.54) is 6.92 Å². The van der Waals surface area contributed by atoms with Crippen molar-refractivity contribution in [2.75, 3.05) is 7.11 Å². The number of pyridine rings is 1. The van der Waals surface area contributed by atoms with Gasteiger partial charge in [0.25, 0.3) is 0 Å². The summed E-state index contributed by atoms with van der Waals surface area (Å²) in [7, 11) is 1.58. The maximum absolute atomic E-state index is 11.2. The van der Waals surface area contributed by atoms with Gasteiger partial charge in [0.1, 0.15) is 5.69 Å². The fourth-order valence-electron chi connectivity index (χ4n) is 1.40. The molecule has 0 radical (unpaired) electrons. The molecule has 0 unspecified atom stereocenters. The fraction of sp³-hybridized carbons (Fsp3) is 0.200. The highest BCUT2D eigenvalue weighted by Gasteiger charge is 2.09. The lowest BCUT2D eigenvalue weighted by molar-refractivity contribution is 0.101. The van der Waals surface area contributed by atoms with Gasteiger partial charge in [-0.3, -0.25) is 9.20 Å². The number of Topliss-reactive ketones (excluding diaryl/α,β-unsaturated/α-hetero) is 1. The van der Waals surface area contributed by atoms with E-state index < -0.39 is 0 Å². The molecule has 0 bridgehead atoms.